The molecule has 0 amide bonds. The number of rotatable bonds is 2. The molecule has 92 valence electrons. The number of hydrogen-bond acceptors (Lipinski definition) is 2. The van der Waals surface area contributed by atoms with Crippen LogP contribution in [-0.4, -0.2) is 16.1 Å². The van der Waals surface area contributed by atoms with Crippen LogP contribution >= 0.6 is 12.2 Å². The van der Waals surface area contributed by atoms with Gasteiger partial charge in [-0.2, -0.15) is 0 Å². The fraction of sp³-hybridized carbons (Fsp3) is 0. The minimum atomic E-state index is -1.18. The summed E-state index contributed by atoms with van der Waals surface area (Å²) in [6, 6.07) is 5.60. The second kappa shape index (κ2) is 4.66. The molecular weight excluding hydrogens is 260 g/mol. The minimum Gasteiger partial charge on any atom is -0.478 e. The number of halogens is 2. The molecule has 1 aromatic carbocycles. The van der Waals surface area contributed by atoms with E-state index in [2.05, 4.69) is 4.98 Å². The van der Waals surface area contributed by atoms with Crippen LogP contribution in [-0.2, 0) is 0 Å². The van der Waals surface area contributed by atoms with Gasteiger partial charge in [0.15, 0.2) is 0 Å². The topological polar surface area (TPSA) is 53.1 Å². The fourth-order valence-electron chi connectivity index (χ4n) is 1.50. The van der Waals surface area contributed by atoms with Crippen LogP contribution < -0.4 is 0 Å². The zero-order valence-electron chi connectivity index (χ0n) is 8.91. The summed E-state index contributed by atoms with van der Waals surface area (Å²) in [5.74, 6) is -2.39. The Kier molecular flexibility index (Phi) is 3.20. The highest BCUT2D eigenvalue weighted by Crippen LogP contribution is 2.22. The van der Waals surface area contributed by atoms with Gasteiger partial charge in [-0.25, -0.2) is 13.6 Å². The Morgan fingerprint density at radius 1 is 1.22 bits per heavy atom. The highest BCUT2D eigenvalue weighted by Gasteiger charge is 2.10. The molecule has 2 aromatic rings. The molecule has 0 aliphatic rings. The molecule has 0 spiro atoms. The Labute approximate surface area is 106 Å². The predicted octanol–water partition coefficient (Wildman–Crippen LogP) is 3.39. The molecule has 3 nitrogen and oxygen atoms in total. The van der Waals surface area contributed by atoms with Crippen LogP contribution in [0.25, 0.3) is 11.3 Å². The minimum absolute atomic E-state index is 0.00182. The summed E-state index contributed by atoms with van der Waals surface area (Å²) in [6.45, 7) is 0. The lowest BCUT2D eigenvalue weighted by atomic mass is 10.1. The summed E-state index contributed by atoms with van der Waals surface area (Å²) < 4.78 is 26.5. The smallest absolute Gasteiger partial charge is 0.338 e. The van der Waals surface area contributed by atoms with Crippen LogP contribution in [0.3, 0.4) is 0 Å². The molecule has 2 N–H and O–H groups in total. The molecule has 18 heavy (non-hydrogen) atoms. The number of carboxylic acid groups (broad SMARTS) is 1. The highest BCUT2D eigenvalue weighted by molar-refractivity contribution is 7.71. The van der Waals surface area contributed by atoms with E-state index in [1.165, 1.54) is 12.1 Å². The first-order valence-electron chi connectivity index (χ1n) is 4.91. The molecule has 0 atom stereocenters. The third-order valence-corrected chi connectivity index (χ3v) is 2.68. The highest BCUT2D eigenvalue weighted by atomic mass is 32.1. The first-order valence-corrected chi connectivity index (χ1v) is 5.32. The maximum Gasteiger partial charge on any atom is 0.338 e. The van der Waals surface area contributed by atoms with Crippen molar-refractivity contribution in [2.75, 3.05) is 0 Å². The molecule has 0 saturated carbocycles. The van der Waals surface area contributed by atoms with Gasteiger partial charge in [0, 0.05) is 11.3 Å². The predicted molar refractivity (Wildman–Crippen MR) is 63.9 cm³/mol. The second-order valence-electron chi connectivity index (χ2n) is 3.54. The van der Waals surface area contributed by atoms with Crippen molar-refractivity contribution in [3.63, 3.8) is 0 Å². The lowest BCUT2D eigenvalue weighted by molar-refractivity contribution is 0.0696. The number of H-pyrrole nitrogens is 1. The summed E-state index contributed by atoms with van der Waals surface area (Å²) in [5, 5.41) is 8.81. The molecule has 0 saturated heterocycles. The molecule has 1 aromatic heterocycles. The monoisotopic (exact) mass is 267 g/mol. The lowest BCUT2D eigenvalue weighted by Gasteiger charge is -2.05. The number of hydrogen-bond donors (Lipinski definition) is 2. The summed E-state index contributed by atoms with van der Waals surface area (Å²) in [5.41, 5.74) is 0.130. The van der Waals surface area contributed by atoms with E-state index in [9.17, 15) is 13.6 Å². The number of nitrogens with one attached hydrogen (secondary N) is 1. The molecular formula is C12H7F2NO2S. The van der Waals surface area contributed by atoms with Crippen LogP contribution in [0.2, 0.25) is 0 Å². The van der Waals surface area contributed by atoms with Gasteiger partial charge in [0.2, 0.25) is 0 Å². The molecule has 6 heteroatoms. The van der Waals surface area contributed by atoms with Gasteiger partial charge >= 0.3 is 5.97 Å². The van der Waals surface area contributed by atoms with Crippen molar-refractivity contribution < 1.29 is 18.7 Å². The van der Waals surface area contributed by atoms with Crippen LogP contribution in [0.5, 0.6) is 0 Å². The van der Waals surface area contributed by atoms with E-state index in [0.29, 0.717) is 0 Å². The zero-order valence-corrected chi connectivity index (χ0v) is 9.72. The van der Waals surface area contributed by atoms with E-state index in [1.807, 2.05) is 0 Å². The van der Waals surface area contributed by atoms with Gasteiger partial charge in [-0.05, 0) is 30.3 Å². The standard InChI is InChI=1S/C12H7F2NO2S/c13-6-1-3-9(14)8(5-6)10-4-2-7(12(16)17)11(18)15-10/h1-5H,(H,15,18)(H,16,17). The number of aromatic amines is 1. The van der Waals surface area contributed by atoms with Gasteiger partial charge in [0.1, 0.15) is 16.3 Å². The van der Waals surface area contributed by atoms with E-state index in [-0.39, 0.29) is 21.5 Å². The Morgan fingerprint density at radius 3 is 2.56 bits per heavy atom. The van der Waals surface area contributed by atoms with Crippen LogP contribution in [0.15, 0.2) is 30.3 Å². The number of pyridine rings is 1. The quantitative estimate of drug-likeness (QED) is 0.820. The van der Waals surface area contributed by atoms with Crippen molar-refractivity contribution in [3.05, 3.63) is 52.2 Å². The first kappa shape index (κ1) is 12.4. The van der Waals surface area contributed by atoms with Gasteiger partial charge in [-0.3, -0.25) is 0 Å². The van der Waals surface area contributed by atoms with E-state index >= 15 is 0 Å². The number of carboxylic acids is 1. The van der Waals surface area contributed by atoms with E-state index in [4.69, 9.17) is 17.3 Å². The van der Waals surface area contributed by atoms with Crippen molar-refractivity contribution in [3.8, 4) is 11.3 Å². The number of aromatic nitrogens is 1. The Bertz CT molecular complexity index is 682. The van der Waals surface area contributed by atoms with Crippen molar-refractivity contribution in [2.45, 2.75) is 0 Å². The average molecular weight is 267 g/mol. The van der Waals surface area contributed by atoms with Crippen molar-refractivity contribution in [2.24, 2.45) is 0 Å². The Balaban J connectivity index is 2.59. The third kappa shape index (κ3) is 2.28. The van der Waals surface area contributed by atoms with Gasteiger partial charge in [-0.1, -0.05) is 12.2 Å². The van der Waals surface area contributed by atoms with Crippen LogP contribution in [0, 0.1) is 16.3 Å². The zero-order chi connectivity index (χ0) is 13.3. The van der Waals surface area contributed by atoms with E-state index in [0.717, 1.165) is 18.2 Å². The summed E-state index contributed by atoms with van der Waals surface area (Å²) in [4.78, 5) is 13.3. The normalized spacial score (nSPS) is 10.3. The third-order valence-electron chi connectivity index (χ3n) is 2.36. The van der Waals surface area contributed by atoms with Crippen molar-refractivity contribution >= 4 is 18.2 Å². The Hall–Kier alpha value is -2.08. The summed E-state index contributed by atoms with van der Waals surface area (Å²) in [6.07, 6.45) is 0. The molecule has 0 aliphatic carbocycles. The maximum absolute atomic E-state index is 13.5. The molecule has 0 fully saturated rings. The number of aromatic carboxylic acids is 1. The van der Waals surface area contributed by atoms with Crippen LogP contribution in [0.1, 0.15) is 10.4 Å². The SMILES string of the molecule is O=C(O)c1ccc(-c2cc(F)ccc2F)[nH]c1=S. The molecule has 0 unspecified atom stereocenters. The average Bonchev–Trinajstić information content (AvgIpc) is 2.31. The molecule has 1 heterocycles. The first-order chi connectivity index (χ1) is 8.49. The van der Waals surface area contributed by atoms with E-state index < -0.39 is 17.6 Å². The fourth-order valence-corrected chi connectivity index (χ4v) is 1.77. The van der Waals surface area contributed by atoms with E-state index in [1.54, 1.807) is 0 Å². The van der Waals surface area contributed by atoms with Crippen molar-refractivity contribution in [1.29, 1.82) is 0 Å². The molecule has 2 rings (SSSR count). The summed E-state index contributed by atoms with van der Waals surface area (Å²) >= 11 is 4.84. The Morgan fingerprint density at radius 2 is 1.94 bits per heavy atom. The number of carbonyl (C=O) groups is 1. The van der Waals surface area contributed by atoms with Gasteiger partial charge in [0.05, 0.1) is 5.56 Å². The molecule has 0 bridgehead atoms. The molecule has 0 radical (unpaired) electrons. The van der Waals surface area contributed by atoms with Crippen LogP contribution in [0.4, 0.5) is 8.78 Å². The second-order valence-corrected chi connectivity index (χ2v) is 3.95. The summed E-state index contributed by atoms with van der Waals surface area (Å²) in [7, 11) is 0. The van der Waals surface area contributed by atoms with Gasteiger partial charge in [0.25, 0.3) is 0 Å². The molecule has 0 aliphatic heterocycles. The van der Waals surface area contributed by atoms with Gasteiger partial charge < -0.3 is 10.1 Å². The largest absolute Gasteiger partial charge is 0.478 e. The van der Waals surface area contributed by atoms with Crippen molar-refractivity contribution in [1.82, 2.24) is 4.98 Å². The number of benzene rings is 1. The van der Waals surface area contributed by atoms with Gasteiger partial charge in [-0.15, -0.1) is 0 Å². The lowest BCUT2D eigenvalue weighted by Crippen LogP contribution is -2.00. The maximum atomic E-state index is 13.5.